The van der Waals surface area contributed by atoms with Crippen LogP contribution in [0.3, 0.4) is 0 Å². The topological polar surface area (TPSA) is 79.2 Å². The number of carbonyl (C=O) groups is 1. The van der Waals surface area contributed by atoms with Gasteiger partial charge in [-0.25, -0.2) is 9.78 Å². The Morgan fingerprint density at radius 1 is 1.33 bits per heavy atom. The van der Waals surface area contributed by atoms with Crippen molar-refractivity contribution >= 4 is 36.7 Å². The van der Waals surface area contributed by atoms with Crippen molar-refractivity contribution in [1.82, 2.24) is 10.3 Å². The van der Waals surface area contributed by atoms with Gasteiger partial charge >= 0.3 is 6.09 Å². The Morgan fingerprint density at radius 2 is 2.00 bits per heavy atom. The number of carbonyl (C=O) groups excluding carboxylic acids is 1. The molecule has 1 aromatic heterocycles. The van der Waals surface area contributed by atoms with Gasteiger partial charge in [0.2, 0.25) is 0 Å². The summed E-state index contributed by atoms with van der Waals surface area (Å²) in [5.41, 5.74) is 0.826. The van der Waals surface area contributed by atoms with Crippen LogP contribution in [0, 0.1) is 0 Å². The van der Waals surface area contributed by atoms with E-state index in [1.165, 1.54) is 0 Å². The summed E-state index contributed by atoms with van der Waals surface area (Å²) in [4.78, 5) is 26.4. The maximum Gasteiger partial charge on any atom is 0.407 e. The van der Waals surface area contributed by atoms with Gasteiger partial charge in [0, 0.05) is 25.3 Å². The van der Waals surface area contributed by atoms with E-state index in [-0.39, 0.29) is 12.1 Å². The first-order valence-corrected chi connectivity index (χ1v) is 8.01. The highest BCUT2D eigenvalue weighted by Gasteiger charge is 2.25. The van der Waals surface area contributed by atoms with Gasteiger partial charge in [-0.3, -0.25) is 9.98 Å². The molecule has 1 amide bonds. The van der Waals surface area contributed by atoms with Crippen molar-refractivity contribution in [3.05, 3.63) is 12.3 Å². The van der Waals surface area contributed by atoms with Crippen LogP contribution in [-0.4, -0.2) is 49.2 Å². The number of amides is 1. The lowest BCUT2D eigenvalue weighted by Crippen LogP contribution is -2.46. The molecule has 7 heteroatoms. The molecule has 0 radical (unpaired) electrons. The Hall–Kier alpha value is -2.44. The zero-order valence-corrected chi connectivity index (χ0v) is 14.6. The maximum atomic E-state index is 11.9. The van der Waals surface area contributed by atoms with Gasteiger partial charge < -0.3 is 15.0 Å². The average molecular weight is 331 g/mol. The molecular weight excluding hydrogens is 306 g/mol. The van der Waals surface area contributed by atoms with Gasteiger partial charge in [0.1, 0.15) is 11.3 Å². The van der Waals surface area contributed by atoms with Crippen LogP contribution in [-0.2, 0) is 4.74 Å². The molecule has 0 aromatic carbocycles. The molecule has 0 spiro atoms. The first kappa shape index (κ1) is 17.9. The summed E-state index contributed by atoms with van der Waals surface area (Å²) in [5, 5.41) is 2.93. The van der Waals surface area contributed by atoms with E-state index < -0.39 is 5.60 Å². The fourth-order valence-corrected chi connectivity index (χ4v) is 2.65. The van der Waals surface area contributed by atoms with Gasteiger partial charge in [-0.05, 0) is 53.1 Å². The molecular formula is C17H25N5O2. The third-order valence-electron chi connectivity index (χ3n) is 3.73. The maximum absolute atomic E-state index is 11.9. The number of ether oxygens (including phenoxy) is 1. The number of pyridine rings is 1. The lowest BCUT2D eigenvalue weighted by atomic mass is 10.0. The SMILES string of the molecule is C=Nc1ccnc(N2CCC(NC(=O)OC(C)(C)C)CC2)c1N=C. The first-order chi connectivity index (χ1) is 11.3. The van der Waals surface area contributed by atoms with Crippen LogP contribution in [0.2, 0.25) is 0 Å². The van der Waals surface area contributed by atoms with Gasteiger partial charge in [0.15, 0.2) is 5.82 Å². The molecule has 1 aliphatic rings. The molecule has 0 atom stereocenters. The molecule has 0 bridgehead atoms. The van der Waals surface area contributed by atoms with E-state index >= 15 is 0 Å². The van der Waals surface area contributed by atoms with Crippen molar-refractivity contribution in [2.75, 3.05) is 18.0 Å². The molecule has 2 rings (SSSR count). The Morgan fingerprint density at radius 3 is 2.54 bits per heavy atom. The van der Waals surface area contributed by atoms with Crippen molar-refractivity contribution < 1.29 is 9.53 Å². The number of anilines is 1. The summed E-state index contributed by atoms with van der Waals surface area (Å²) in [6, 6.07) is 1.86. The van der Waals surface area contributed by atoms with Crippen molar-refractivity contribution in [1.29, 1.82) is 0 Å². The molecule has 2 heterocycles. The zero-order valence-electron chi connectivity index (χ0n) is 14.6. The minimum absolute atomic E-state index is 0.0944. The predicted molar refractivity (Wildman–Crippen MR) is 97.3 cm³/mol. The van der Waals surface area contributed by atoms with Crippen LogP contribution >= 0.6 is 0 Å². The highest BCUT2D eigenvalue weighted by Crippen LogP contribution is 2.36. The van der Waals surface area contributed by atoms with E-state index in [0.29, 0.717) is 11.4 Å². The number of aliphatic imine (C=N–C) groups is 2. The highest BCUT2D eigenvalue weighted by atomic mass is 16.6. The third kappa shape index (κ3) is 4.53. The summed E-state index contributed by atoms with van der Waals surface area (Å²) in [6.07, 6.45) is 2.94. The minimum atomic E-state index is -0.489. The zero-order chi connectivity index (χ0) is 17.7. The average Bonchev–Trinajstić information content (AvgIpc) is 2.53. The summed E-state index contributed by atoms with van der Waals surface area (Å²) in [7, 11) is 0. The van der Waals surface area contributed by atoms with Crippen LogP contribution in [0.15, 0.2) is 22.2 Å². The summed E-state index contributed by atoms with van der Waals surface area (Å²) in [5.74, 6) is 0.755. The van der Waals surface area contributed by atoms with Gasteiger partial charge in [-0.2, -0.15) is 0 Å². The normalized spacial score (nSPS) is 15.7. The van der Waals surface area contributed by atoms with Gasteiger partial charge in [0.25, 0.3) is 0 Å². The van der Waals surface area contributed by atoms with E-state index in [4.69, 9.17) is 4.74 Å². The van der Waals surface area contributed by atoms with Gasteiger partial charge in [0.05, 0.1) is 5.69 Å². The van der Waals surface area contributed by atoms with E-state index in [2.05, 4.69) is 38.6 Å². The standard InChI is InChI=1S/C17H25N5O2/c1-17(2,3)24-16(23)21-12-7-10-22(11-8-12)15-14(19-5)13(18-4)6-9-20-15/h6,9,12H,4-5,7-8,10-11H2,1-3H3,(H,21,23). The lowest BCUT2D eigenvalue weighted by molar-refractivity contribution is 0.0497. The molecule has 130 valence electrons. The quantitative estimate of drug-likeness (QED) is 0.859. The molecule has 1 aliphatic heterocycles. The lowest BCUT2D eigenvalue weighted by Gasteiger charge is -2.34. The molecule has 0 unspecified atom stereocenters. The molecule has 1 N–H and O–H groups in total. The van der Waals surface area contributed by atoms with Crippen molar-refractivity contribution in [3.8, 4) is 0 Å². The number of rotatable bonds is 4. The number of nitrogens with zero attached hydrogens (tertiary/aromatic N) is 4. The number of hydrogen-bond acceptors (Lipinski definition) is 6. The number of hydrogen-bond donors (Lipinski definition) is 1. The fraction of sp³-hybridized carbons (Fsp3) is 0.529. The van der Waals surface area contributed by atoms with Crippen LogP contribution in [0.25, 0.3) is 0 Å². The first-order valence-electron chi connectivity index (χ1n) is 8.01. The molecule has 24 heavy (non-hydrogen) atoms. The second-order valence-corrected chi connectivity index (χ2v) is 6.73. The minimum Gasteiger partial charge on any atom is -0.444 e. The Balaban J connectivity index is 1.97. The molecule has 1 fully saturated rings. The van der Waals surface area contributed by atoms with Crippen molar-refractivity contribution in [3.63, 3.8) is 0 Å². The van der Waals surface area contributed by atoms with Crippen LogP contribution in [0.4, 0.5) is 22.0 Å². The van der Waals surface area contributed by atoms with Crippen LogP contribution in [0.1, 0.15) is 33.6 Å². The number of alkyl carbamates (subject to hydrolysis) is 1. The Bertz CT molecular complexity index is 616. The van der Waals surface area contributed by atoms with Gasteiger partial charge in [-0.15, -0.1) is 0 Å². The van der Waals surface area contributed by atoms with Crippen LogP contribution < -0.4 is 10.2 Å². The van der Waals surface area contributed by atoms with E-state index in [0.717, 1.165) is 31.7 Å². The molecule has 7 nitrogen and oxygen atoms in total. The van der Waals surface area contributed by atoms with E-state index in [9.17, 15) is 4.79 Å². The Kier molecular flexibility index (Phi) is 5.54. The largest absolute Gasteiger partial charge is 0.444 e. The van der Waals surface area contributed by atoms with E-state index in [1.807, 2.05) is 20.8 Å². The summed E-state index contributed by atoms with van der Waals surface area (Å²) >= 11 is 0. The van der Waals surface area contributed by atoms with Crippen LogP contribution in [0.5, 0.6) is 0 Å². The second kappa shape index (κ2) is 7.42. The predicted octanol–water partition coefficient (Wildman–Crippen LogP) is 3.24. The summed E-state index contributed by atoms with van der Waals surface area (Å²) in [6.45, 7) is 14.2. The molecule has 1 saturated heterocycles. The number of nitrogens with one attached hydrogen (secondary N) is 1. The monoisotopic (exact) mass is 331 g/mol. The van der Waals surface area contributed by atoms with Crippen molar-refractivity contribution in [2.45, 2.75) is 45.3 Å². The third-order valence-corrected chi connectivity index (χ3v) is 3.73. The number of piperidine rings is 1. The van der Waals surface area contributed by atoms with Crippen molar-refractivity contribution in [2.24, 2.45) is 9.98 Å². The Labute approximate surface area is 142 Å². The number of aromatic nitrogens is 1. The molecule has 1 aromatic rings. The molecule has 0 aliphatic carbocycles. The van der Waals surface area contributed by atoms with Gasteiger partial charge in [-0.1, -0.05) is 0 Å². The second-order valence-electron chi connectivity index (χ2n) is 6.73. The fourth-order valence-electron chi connectivity index (χ4n) is 2.65. The van der Waals surface area contributed by atoms with E-state index in [1.54, 1.807) is 12.3 Å². The smallest absolute Gasteiger partial charge is 0.407 e. The highest BCUT2D eigenvalue weighted by molar-refractivity contribution is 5.78. The molecule has 0 saturated carbocycles. The summed E-state index contributed by atoms with van der Waals surface area (Å²) < 4.78 is 5.30.